The third-order valence-electron chi connectivity index (χ3n) is 2.94. The van der Waals surface area contributed by atoms with Gasteiger partial charge in [-0.1, -0.05) is 19.1 Å². The summed E-state index contributed by atoms with van der Waals surface area (Å²) in [7, 11) is 0. The van der Waals surface area contributed by atoms with Crippen molar-refractivity contribution >= 4 is 5.52 Å². The monoisotopic (exact) mass is 270 g/mol. The molecule has 0 fully saturated rings. The molecule has 0 saturated carbocycles. The first-order valence-corrected chi connectivity index (χ1v) is 6.44. The fraction of sp³-hybridized carbons (Fsp3) is 0.214. The van der Waals surface area contributed by atoms with Gasteiger partial charge in [0.15, 0.2) is 5.82 Å². The van der Waals surface area contributed by atoms with E-state index in [0.29, 0.717) is 17.9 Å². The first kappa shape index (κ1) is 12.4. The van der Waals surface area contributed by atoms with Gasteiger partial charge in [-0.3, -0.25) is 0 Å². The van der Waals surface area contributed by atoms with Crippen molar-refractivity contribution in [2.45, 2.75) is 13.3 Å². The maximum atomic E-state index is 11.9. The van der Waals surface area contributed by atoms with Gasteiger partial charge < -0.3 is 4.74 Å². The second kappa shape index (κ2) is 5.16. The predicted octanol–water partition coefficient (Wildman–Crippen LogP) is 1.87. The molecule has 6 heteroatoms. The van der Waals surface area contributed by atoms with Crippen LogP contribution in [0.4, 0.5) is 0 Å². The Kier molecular flexibility index (Phi) is 3.20. The number of H-pyrrole nitrogens is 1. The number of benzene rings is 1. The molecule has 3 rings (SSSR count). The number of para-hydroxylation sites is 1. The number of imidazole rings is 1. The smallest absolute Gasteiger partial charge is 0.348 e. The number of hydrogen-bond acceptors (Lipinski definition) is 4. The Morgan fingerprint density at radius 1 is 1.30 bits per heavy atom. The Hall–Kier alpha value is -2.63. The average molecular weight is 270 g/mol. The normalized spacial score (nSPS) is 10.8. The summed E-state index contributed by atoms with van der Waals surface area (Å²) in [5.41, 5.74) is 1.12. The molecule has 102 valence electrons. The highest BCUT2D eigenvalue weighted by molar-refractivity contribution is 5.67. The van der Waals surface area contributed by atoms with Gasteiger partial charge in [0.2, 0.25) is 0 Å². The minimum atomic E-state index is -0.319. The fourth-order valence-electron chi connectivity index (χ4n) is 2.05. The van der Waals surface area contributed by atoms with Crippen molar-refractivity contribution in [3.05, 3.63) is 47.1 Å². The summed E-state index contributed by atoms with van der Waals surface area (Å²) in [6.07, 6.45) is 4.10. The van der Waals surface area contributed by atoms with Crippen LogP contribution in [0, 0.1) is 0 Å². The number of rotatable bonds is 4. The molecule has 0 saturated heterocycles. The van der Waals surface area contributed by atoms with E-state index in [0.717, 1.165) is 17.7 Å². The van der Waals surface area contributed by atoms with E-state index < -0.39 is 0 Å². The van der Waals surface area contributed by atoms with Crippen LogP contribution in [-0.2, 0) is 0 Å². The maximum Gasteiger partial charge on any atom is 0.348 e. The Balaban J connectivity index is 2.19. The summed E-state index contributed by atoms with van der Waals surface area (Å²) < 4.78 is 7.20. The maximum absolute atomic E-state index is 11.9. The van der Waals surface area contributed by atoms with Gasteiger partial charge in [-0.15, -0.1) is 0 Å². The zero-order chi connectivity index (χ0) is 13.9. The van der Waals surface area contributed by atoms with Crippen molar-refractivity contribution in [3.63, 3.8) is 0 Å². The van der Waals surface area contributed by atoms with E-state index in [2.05, 4.69) is 15.2 Å². The van der Waals surface area contributed by atoms with Crippen molar-refractivity contribution in [2.75, 3.05) is 6.61 Å². The van der Waals surface area contributed by atoms with E-state index in [4.69, 9.17) is 4.74 Å². The Labute approximate surface area is 115 Å². The quantitative estimate of drug-likeness (QED) is 0.785. The van der Waals surface area contributed by atoms with E-state index in [9.17, 15) is 4.79 Å². The number of aromatic amines is 1. The minimum absolute atomic E-state index is 0.319. The van der Waals surface area contributed by atoms with E-state index in [1.807, 2.05) is 31.2 Å². The van der Waals surface area contributed by atoms with Crippen LogP contribution in [0.2, 0.25) is 0 Å². The predicted molar refractivity (Wildman–Crippen MR) is 74.8 cm³/mol. The number of ether oxygens (including phenoxy) is 1. The summed E-state index contributed by atoms with van der Waals surface area (Å²) in [6.45, 7) is 2.67. The van der Waals surface area contributed by atoms with Crippen LogP contribution in [0.1, 0.15) is 13.3 Å². The second-order valence-electron chi connectivity index (χ2n) is 4.36. The molecule has 0 aliphatic heterocycles. The zero-order valence-electron chi connectivity index (χ0n) is 11.0. The highest BCUT2D eigenvalue weighted by Gasteiger charge is 2.13. The van der Waals surface area contributed by atoms with E-state index in [1.54, 1.807) is 12.4 Å². The van der Waals surface area contributed by atoms with E-state index in [1.165, 1.54) is 4.40 Å². The summed E-state index contributed by atoms with van der Waals surface area (Å²) in [4.78, 5) is 16.2. The van der Waals surface area contributed by atoms with Crippen LogP contribution >= 0.6 is 0 Å². The molecule has 0 atom stereocenters. The molecular weight excluding hydrogens is 256 g/mol. The largest absolute Gasteiger partial charge is 0.493 e. The van der Waals surface area contributed by atoms with Gasteiger partial charge in [0, 0.05) is 0 Å². The lowest BCUT2D eigenvalue weighted by Crippen LogP contribution is -2.17. The lowest BCUT2D eigenvalue weighted by atomic mass is 10.2. The molecule has 2 heterocycles. The van der Waals surface area contributed by atoms with Crippen LogP contribution in [0.3, 0.4) is 0 Å². The van der Waals surface area contributed by atoms with Crippen LogP contribution in [0.25, 0.3) is 16.9 Å². The summed E-state index contributed by atoms with van der Waals surface area (Å²) in [5, 5.41) is 6.17. The van der Waals surface area contributed by atoms with Crippen molar-refractivity contribution < 1.29 is 4.74 Å². The lowest BCUT2D eigenvalue weighted by Gasteiger charge is -2.09. The van der Waals surface area contributed by atoms with Crippen LogP contribution in [0.5, 0.6) is 5.75 Å². The van der Waals surface area contributed by atoms with Crippen molar-refractivity contribution in [3.8, 4) is 17.1 Å². The highest BCUT2D eigenvalue weighted by Crippen LogP contribution is 2.28. The number of nitrogens with one attached hydrogen (secondary N) is 1. The molecule has 6 nitrogen and oxygen atoms in total. The molecule has 0 aliphatic carbocycles. The topological polar surface area (TPSA) is 72.3 Å². The Morgan fingerprint density at radius 3 is 3.00 bits per heavy atom. The van der Waals surface area contributed by atoms with Crippen molar-refractivity contribution in [1.82, 2.24) is 19.6 Å². The van der Waals surface area contributed by atoms with Crippen LogP contribution in [-0.4, -0.2) is 26.2 Å². The zero-order valence-corrected chi connectivity index (χ0v) is 11.0. The van der Waals surface area contributed by atoms with Gasteiger partial charge in [-0.2, -0.15) is 5.10 Å². The standard InChI is InChI=1S/C14H14N4O2/c1-2-7-20-12-6-4-3-5-11(12)13-15-8-10-9-16-17-14(19)18(10)13/h3-6,8-9H,2,7H2,1H3,(H,17,19). The molecule has 0 radical (unpaired) electrons. The van der Waals surface area contributed by atoms with Crippen LogP contribution < -0.4 is 10.4 Å². The molecule has 0 aliphatic rings. The van der Waals surface area contributed by atoms with Crippen LogP contribution in [0.15, 0.2) is 41.5 Å². The van der Waals surface area contributed by atoms with Gasteiger partial charge in [0.25, 0.3) is 0 Å². The van der Waals surface area contributed by atoms with Gasteiger partial charge in [-0.05, 0) is 18.6 Å². The first-order valence-electron chi connectivity index (χ1n) is 6.44. The number of aromatic nitrogens is 4. The highest BCUT2D eigenvalue weighted by atomic mass is 16.5. The van der Waals surface area contributed by atoms with Crippen molar-refractivity contribution in [2.24, 2.45) is 0 Å². The third kappa shape index (κ3) is 2.05. The summed E-state index contributed by atoms with van der Waals surface area (Å²) in [6, 6.07) is 7.56. The molecular formula is C14H14N4O2. The van der Waals surface area contributed by atoms with E-state index >= 15 is 0 Å². The average Bonchev–Trinajstić information content (AvgIpc) is 2.91. The molecule has 2 aromatic heterocycles. The third-order valence-corrected chi connectivity index (χ3v) is 2.94. The number of nitrogens with zero attached hydrogens (tertiary/aromatic N) is 3. The first-order chi connectivity index (χ1) is 9.81. The van der Waals surface area contributed by atoms with Gasteiger partial charge in [-0.25, -0.2) is 19.3 Å². The molecule has 1 aromatic carbocycles. The molecule has 0 amide bonds. The Bertz CT molecular complexity index is 791. The van der Waals surface area contributed by atoms with E-state index in [-0.39, 0.29) is 5.69 Å². The van der Waals surface area contributed by atoms with Gasteiger partial charge in [0.1, 0.15) is 5.75 Å². The SMILES string of the molecule is CCCOc1ccccc1-c1ncc2cn[nH]c(=O)n12. The fourth-order valence-corrected chi connectivity index (χ4v) is 2.05. The molecule has 0 bridgehead atoms. The summed E-state index contributed by atoms with van der Waals surface area (Å²) in [5.74, 6) is 1.27. The molecule has 20 heavy (non-hydrogen) atoms. The molecule has 1 N–H and O–H groups in total. The summed E-state index contributed by atoms with van der Waals surface area (Å²) >= 11 is 0. The molecule has 0 unspecified atom stereocenters. The Morgan fingerprint density at radius 2 is 2.15 bits per heavy atom. The second-order valence-corrected chi connectivity index (χ2v) is 4.36. The molecule has 3 aromatic rings. The van der Waals surface area contributed by atoms with Gasteiger partial charge in [0.05, 0.1) is 30.1 Å². The minimum Gasteiger partial charge on any atom is -0.493 e. The number of hydrogen-bond donors (Lipinski definition) is 1. The molecule has 0 spiro atoms. The lowest BCUT2D eigenvalue weighted by molar-refractivity contribution is 0.318. The van der Waals surface area contributed by atoms with Gasteiger partial charge >= 0.3 is 5.69 Å². The number of fused-ring (bicyclic) bond motifs is 1. The van der Waals surface area contributed by atoms with Crippen molar-refractivity contribution in [1.29, 1.82) is 0 Å².